The number of hydrogen-bond donors (Lipinski definition) is 2. The molecular weight excluding hydrogens is 342 g/mol. The number of fused-ring (bicyclic) bond motifs is 1. The minimum atomic E-state index is 0.0406. The lowest BCUT2D eigenvalue weighted by Crippen LogP contribution is -2.59. The lowest BCUT2D eigenvalue weighted by molar-refractivity contribution is -0.137. The van der Waals surface area contributed by atoms with Crippen LogP contribution in [-0.2, 0) is 14.3 Å². The van der Waals surface area contributed by atoms with E-state index in [-0.39, 0.29) is 34.6 Å². The average Bonchev–Trinajstić information content (AvgIpc) is 3.13. The van der Waals surface area contributed by atoms with Crippen molar-refractivity contribution in [2.75, 3.05) is 20.3 Å². The van der Waals surface area contributed by atoms with Gasteiger partial charge in [0, 0.05) is 26.2 Å². The van der Waals surface area contributed by atoms with Crippen LogP contribution in [0.25, 0.3) is 0 Å². The van der Waals surface area contributed by atoms with Crippen LogP contribution in [0, 0.1) is 22.7 Å². The lowest BCUT2D eigenvalue weighted by atomic mass is 9.59. The zero-order valence-electron chi connectivity index (χ0n) is 16.5. The van der Waals surface area contributed by atoms with Crippen LogP contribution in [0.2, 0.25) is 0 Å². The summed E-state index contributed by atoms with van der Waals surface area (Å²) in [5, 5.41) is 13.0. The Balaban J connectivity index is 1.62. The number of hydrogen-bond acceptors (Lipinski definition) is 4. The van der Waals surface area contributed by atoms with E-state index in [0.29, 0.717) is 24.9 Å². The SMILES string of the molecule is COCCC(=O)N[C@@H]1C(C)(C)[C@@H]2C[C@@H]3[C@@H](c4ccc(O)cc4)OCCC31C2. The van der Waals surface area contributed by atoms with Gasteiger partial charge in [-0.1, -0.05) is 26.0 Å². The summed E-state index contributed by atoms with van der Waals surface area (Å²) in [6, 6.07) is 7.59. The van der Waals surface area contributed by atoms with Crippen LogP contribution in [0.4, 0.5) is 0 Å². The molecule has 5 heteroatoms. The first-order chi connectivity index (χ1) is 12.9. The van der Waals surface area contributed by atoms with Gasteiger partial charge in [0.25, 0.3) is 0 Å². The molecule has 1 heterocycles. The summed E-state index contributed by atoms with van der Waals surface area (Å²) in [7, 11) is 1.63. The highest BCUT2D eigenvalue weighted by atomic mass is 16.5. The molecule has 0 aromatic heterocycles. The van der Waals surface area contributed by atoms with Crippen molar-refractivity contribution in [1.82, 2.24) is 5.32 Å². The molecule has 2 aliphatic carbocycles. The van der Waals surface area contributed by atoms with Crippen molar-refractivity contribution in [3.63, 3.8) is 0 Å². The first-order valence-electron chi connectivity index (χ1n) is 10.1. The van der Waals surface area contributed by atoms with Crippen molar-refractivity contribution in [2.24, 2.45) is 22.7 Å². The number of phenols is 1. The summed E-state index contributed by atoms with van der Waals surface area (Å²) in [4.78, 5) is 12.5. The molecule has 1 amide bonds. The zero-order chi connectivity index (χ0) is 19.2. The minimum Gasteiger partial charge on any atom is -0.508 e. The molecule has 2 N–H and O–H groups in total. The molecule has 1 aliphatic heterocycles. The van der Waals surface area contributed by atoms with Gasteiger partial charge in [0.2, 0.25) is 5.91 Å². The molecule has 1 aromatic rings. The number of carbonyl (C=O) groups is 1. The number of phenolic OH excluding ortho intramolecular Hbond substituents is 1. The van der Waals surface area contributed by atoms with Gasteiger partial charge in [0.15, 0.2) is 0 Å². The fraction of sp³-hybridized carbons (Fsp3) is 0.682. The number of amides is 1. The Morgan fingerprint density at radius 3 is 2.78 bits per heavy atom. The maximum absolute atomic E-state index is 12.5. The predicted octanol–water partition coefficient (Wildman–Crippen LogP) is 3.43. The molecule has 5 nitrogen and oxygen atoms in total. The Morgan fingerprint density at radius 2 is 2.07 bits per heavy atom. The maximum Gasteiger partial charge on any atom is 0.222 e. The number of methoxy groups -OCH3 is 1. The molecule has 1 saturated heterocycles. The van der Waals surface area contributed by atoms with Gasteiger partial charge in [-0.25, -0.2) is 0 Å². The molecule has 2 saturated carbocycles. The maximum atomic E-state index is 12.5. The molecule has 4 rings (SSSR count). The van der Waals surface area contributed by atoms with Crippen molar-refractivity contribution in [1.29, 1.82) is 0 Å². The lowest BCUT2D eigenvalue weighted by Gasteiger charge is -2.53. The summed E-state index contributed by atoms with van der Waals surface area (Å²) >= 11 is 0. The molecule has 1 unspecified atom stereocenters. The Bertz CT molecular complexity index is 701. The van der Waals surface area contributed by atoms with Crippen molar-refractivity contribution < 1.29 is 19.4 Å². The second-order valence-corrected chi connectivity index (χ2v) is 9.17. The van der Waals surface area contributed by atoms with E-state index >= 15 is 0 Å². The standard InChI is InChI=1S/C22H31NO4/c1-21(2)15-12-17-19(14-4-6-16(24)7-5-14)27-11-9-22(17,13-15)20(21)23-18(25)8-10-26-3/h4-7,15,17,19-20,24H,8-13H2,1-3H3,(H,23,25)/t15-,17-,19-,20-,22?/m1/s1. The Labute approximate surface area is 161 Å². The third kappa shape index (κ3) is 2.95. The fourth-order valence-electron chi connectivity index (χ4n) is 6.21. The van der Waals surface area contributed by atoms with E-state index in [1.807, 2.05) is 12.1 Å². The second-order valence-electron chi connectivity index (χ2n) is 9.17. The number of rotatable bonds is 5. The van der Waals surface area contributed by atoms with E-state index < -0.39 is 0 Å². The van der Waals surface area contributed by atoms with Crippen molar-refractivity contribution in [2.45, 2.75) is 51.7 Å². The molecule has 27 heavy (non-hydrogen) atoms. The first kappa shape index (κ1) is 18.8. The average molecular weight is 373 g/mol. The van der Waals surface area contributed by atoms with E-state index in [4.69, 9.17) is 9.47 Å². The smallest absolute Gasteiger partial charge is 0.222 e. The van der Waals surface area contributed by atoms with Crippen LogP contribution < -0.4 is 5.32 Å². The zero-order valence-corrected chi connectivity index (χ0v) is 16.5. The summed E-state index contributed by atoms with van der Waals surface area (Å²) in [5.41, 5.74) is 1.32. The topological polar surface area (TPSA) is 67.8 Å². The minimum absolute atomic E-state index is 0.0406. The number of nitrogens with one attached hydrogen (secondary N) is 1. The third-order valence-corrected chi connectivity index (χ3v) is 7.57. The van der Waals surface area contributed by atoms with Crippen molar-refractivity contribution in [3.05, 3.63) is 29.8 Å². The van der Waals surface area contributed by atoms with Gasteiger partial charge in [-0.05, 0) is 59.6 Å². The summed E-state index contributed by atoms with van der Waals surface area (Å²) in [6.07, 6.45) is 3.76. The van der Waals surface area contributed by atoms with E-state index in [9.17, 15) is 9.90 Å². The molecule has 148 valence electrons. The normalized spacial score (nSPS) is 36.4. The van der Waals surface area contributed by atoms with Gasteiger partial charge in [-0.2, -0.15) is 0 Å². The van der Waals surface area contributed by atoms with Gasteiger partial charge >= 0.3 is 0 Å². The highest BCUT2D eigenvalue weighted by Crippen LogP contribution is 2.70. The summed E-state index contributed by atoms with van der Waals surface area (Å²) in [5.74, 6) is 1.36. The molecule has 1 aromatic carbocycles. The number of carbonyl (C=O) groups excluding carboxylic acids is 1. The van der Waals surface area contributed by atoms with E-state index in [1.54, 1.807) is 19.2 Å². The van der Waals surface area contributed by atoms with Gasteiger partial charge in [-0.3, -0.25) is 4.79 Å². The van der Waals surface area contributed by atoms with Gasteiger partial charge in [0.1, 0.15) is 5.75 Å². The first-order valence-corrected chi connectivity index (χ1v) is 10.1. The van der Waals surface area contributed by atoms with Gasteiger partial charge < -0.3 is 19.9 Å². The predicted molar refractivity (Wildman–Crippen MR) is 102 cm³/mol. The van der Waals surface area contributed by atoms with Crippen molar-refractivity contribution >= 4 is 5.91 Å². The Morgan fingerprint density at radius 1 is 1.33 bits per heavy atom. The largest absolute Gasteiger partial charge is 0.508 e. The number of aromatic hydroxyl groups is 1. The summed E-state index contributed by atoms with van der Waals surface area (Å²) < 4.78 is 11.3. The Kier molecular flexibility index (Phi) is 4.71. The van der Waals surface area contributed by atoms with E-state index in [1.165, 1.54) is 0 Å². The van der Waals surface area contributed by atoms with Gasteiger partial charge in [-0.15, -0.1) is 0 Å². The van der Waals surface area contributed by atoms with Crippen molar-refractivity contribution in [3.8, 4) is 5.75 Å². The van der Waals surface area contributed by atoms with Gasteiger partial charge in [0.05, 0.1) is 12.7 Å². The quantitative estimate of drug-likeness (QED) is 0.830. The highest BCUT2D eigenvalue weighted by Gasteiger charge is 2.68. The number of benzene rings is 1. The molecule has 2 bridgehead atoms. The number of ether oxygens (including phenoxy) is 2. The molecular formula is C22H31NO4. The van der Waals surface area contributed by atoms with Crippen LogP contribution in [-0.4, -0.2) is 37.4 Å². The third-order valence-electron chi connectivity index (χ3n) is 7.57. The van der Waals surface area contributed by atoms with Crippen LogP contribution in [0.1, 0.15) is 51.2 Å². The molecule has 3 fully saturated rings. The molecule has 5 atom stereocenters. The fourth-order valence-corrected chi connectivity index (χ4v) is 6.21. The van der Waals surface area contributed by atoms with Crippen LogP contribution in [0.5, 0.6) is 5.75 Å². The van der Waals surface area contributed by atoms with Crippen LogP contribution in [0.3, 0.4) is 0 Å². The molecule has 0 radical (unpaired) electrons. The van der Waals surface area contributed by atoms with E-state index in [0.717, 1.165) is 31.4 Å². The van der Waals surface area contributed by atoms with E-state index in [2.05, 4.69) is 19.2 Å². The highest BCUT2D eigenvalue weighted by molar-refractivity contribution is 5.76. The summed E-state index contributed by atoms with van der Waals surface area (Å²) in [6.45, 7) is 5.80. The molecule has 1 spiro atoms. The second kappa shape index (κ2) is 6.78. The Hall–Kier alpha value is -1.59. The monoisotopic (exact) mass is 373 g/mol. The van der Waals surface area contributed by atoms with Crippen LogP contribution in [0.15, 0.2) is 24.3 Å². The van der Waals surface area contributed by atoms with Crippen LogP contribution >= 0.6 is 0 Å². The molecule has 3 aliphatic rings.